The molecule has 0 aromatic heterocycles. The van der Waals surface area contributed by atoms with Crippen molar-refractivity contribution in [2.75, 3.05) is 26.4 Å². The molecule has 15 heavy (non-hydrogen) atoms. The lowest BCUT2D eigenvalue weighted by Gasteiger charge is -2.25. The predicted molar refractivity (Wildman–Crippen MR) is 64.1 cm³/mol. The van der Waals surface area contributed by atoms with Gasteiger partial charge >= 0.3 is 8.56 Å². The van der Waals surface area contributed by atoms with Crippen molar-refractivity contribution in [1.29, 1.82) is 0 Å². The van der Waals surface area contributed by atoms with E-state index in [4.69, 9.17) is 19.1 Å². The van der Waals surface area contributed by atoms with Gasteiger partial charge in [0.1, 0.15) is 0 Å². The van der Waals surface area contributed by atoms with Crippen LogP contribution < -0.4 is 0 Å². The zero-order valence-corrected chi connectivity index (χ0v) is 11.5. The topological polar surface area (TPSA) is 58.9 Å². The van der Waals surface area contributed by atoms with E-state index in [2.05, 4.69) is 6.55 Å². The van der Waals surface area contributed by atoms with Crippen LogP contribution in [-0.2, 0) is 8.85 Å². The maximum absolute atomic E-state index is 8.68. The van der Waals surface area contributed by atoms with Gasteiger partial charge in [-0.2, -0.15) is 0 Å². The first-order chi connectivity index (χ1) is 7.10. The summed E-state index contributed by atoms with van der Waals surface area (Å²) in [6, 6.07) is 0.880. The Morgan fingerprint density at radius 2 is 1.40 bits per heavy atom. The SMILES string of the molecule is CCO.CCO[Si](C)(CCCO)OCC. The monoisotopic (exact) mass is 238 g/mol. The Kier molecular flexibility index (Phi) is 14.1. The molecule has 4 nitrogen and oxygen atoms in total. The summed E-state index contributed by atoms with van der Waals surface area (Å²) in [6.07, 6.45) is 0.780. The maximum Gasteiger partial charge on any atom is 0.334 e. The third-order valence-corrected chi connectivity index (χ3v) is 4.75. The van der Waals surface area contributed by atoms with Gasteiger partial charge in [-0.05, 0) is 39.8 Å². The van der Waals surface area contributed by atoms with Gasteiger partial charge in [0.15, 0.2) is 0 Å². The van der Waals surface area contributed by atoms with Crippen molar-refractivity contribution in [2.24, 2.45) is 0 Å². The van der Waals surface area contributed by atoms with Crippen LogP contribution in [-0.4, -0.2) is 45.2 Å². The van der Waals surface area contributed by atoms with Crippen LogP contribution in [0.2, 0.25) is 12.6 Å². The Labute approximate surface area is 94.5 Å². The molecule has 0 rings (SSSR count). The molecule has 0 atom stereocenters. The van der Waals surface area contributed by atoms with Crippen molar-refractivity contribution in [3.05, 3.63) is 0 Å². The van der Waals surface area contributed by atoms with Gasteiger partial charge < -0.3 is 19.1 Å². The Morgan fingerprint density at radius 1 is 1.00 bits per heavy atom. The van der Waals surface area contributed by atoms with E-state index in [-0.39, 0.29) is 13.2 Å². The highest BCUT2D eigenvalue weighted by Gasteiger charge is 2.29. The van der Waals surface area contributed by atoms with Crippen LogP contribution in [0.5, 0.6) is 0 Å². The predicted octanol–water partition coefficient (Wildman–Crippen LogP) is 1.51. The van der Waals surface area contributed by atoms with Crippen molar-refractivity contribution >= 4 is 8.56 Å². The van der Waals surface area contributed by atoms with Gasteiger partial charge in [-0.15, -0.1) is 0 Å². The Bertz CT molecular complexity index is 116. The third kappa shape index (κ3) is 12.0. The van der Waals surface area contributed by atoms with E-state index in [0.29, 0.717) is 13.2 Å². The molecule has 94 valence electrons. The molecule has 0 aromatic carbocycles. The number of hydrogen-bond donors (Lipinski definition) is 2. The average molecular weight is 238 g/mol. The van der Waals surface area contributed by atoms with Crippen LogP contribution in [0.25, 0.3) is 0 Å². The lowest BCUT2D eigenvalue weighted by Crippen LogP contribution is -2.38. The fourth-order valence-corrected chi connectivity index (χ4v) is 3.59. The maximum atomic E-state index is 8.68. The quantitative estimate of drug-likeness (QED) is 0.660. The first-order valence-electron chi connectivity index (χ1n) is 5.59. The van der Waals surface area contributed by atoms with Crippen LogP contribution >= 0.6 is 0 Å². The number of hydrogen-bond acceptors (Lipinski definition) is 4. The first kappa shape index (κ1) is 17.5. The summed E-state index contributed by atoms with van der Waals surface area (Å²) in [4.78, 5) is 0. The molecule has 5 heteroatoms. The lowest BCUT2D eigenvalue weighted by molar-refractivity contribution is 0.184. The van der Waals surface area contributed by atoms with Gasteiger partial charge in [-0.25, -0.2) is 0 Å². The summed E-state index contributed by atoms with van der Waals surface area (Å²) in [5.41, 5.74) is 0. The summed E-state index contributed by atoms with van der Waals surface area (Å²) < 4.78 is 11.2. The zero-order valence-electron chi connectivity index (χ0n) is 10.5. The molecule has 0 aliphatic heterocycles. The van der Waals surface area contributed by atoms with E-state index in [0.717, 1.165) is 12.5 Å². The summed E-state index contributed by atoms with van der Waals surface area (Å²) in [6.45, 7) is 9.56. The summed E-state index contributed by atoms with van der Waals surface area (Å²) >= 11 is 0. The highest BCUT2D eigenvalue weighted by molar-refractivity contribution is 6.66. The van der Waals surface area contributed by atoms with Crippen molar-refractivity contribution < 1.29 is 19.1 Å². The van der Waals surface area contributed by atoms with Gasteiger partial charge in [0, 0.05) is 26.4 Å². The molecule has 0 radical (unpaired) electrons. The number of aliphatic hydroxyl groups excluding tert-OH is 2. The molecule has 0 unspecified atom stereocenters. The Balaban J connectivity index is 0. The molecule has 0 amide bonds. The second-order valence-corrected chi connectivity index (χ2v) is 6.49. The molecule has 0 aliphatic rings. The molecular weight excluding hydrogens is 212 g/mol. The molecule has 0 saturated carbocycles. The minimum absolute atomic E-state index is 0.225. The highest BCUT2D eigenvalue weighted by atomic mass is 28.4. The molecule has 0 bridgehead atoms. The van der Waals surface area contributed by atoms with E-state index >= 15 is 0 Å². The second kappa shape index (κ2) is 12.1. The largest absolute Gasteiger partial charge is 0.397 e. The van der Waals surface area contributed by atoms with Gasteiger partial charge in [-0.1, -0.05) is 0 Å². The molecule has 0 aromatic rings. The van der Waals surface area contributed by atoms with Gasteiger partial charge in [0.2, 0.25) is 0 Å². The summed E-state index contributed by atoms with van der Waals surface area (Å²) in [7, 11) is -1.93. The molecule has 0 spiro atoms. The minimum atomic E-state index is -1.93. The van der Waals surface area contributed by atoms with Crippen molar-refractivity contribution in [3.63, 3.8) is 0 Å². The second-order valence-electron chi connectivity index (χ2n) is 3.14. The molecule has 0 saturated heterocycles. The number of rotatable bonds is 7. The number of aliphatic hydroxyl groups is 2. The molecule has 0 heterocycles. The zero-order chi connectivity index (χ0) is 12.2. The molecule has 2 N–H and O–H groups in total. The summed E-state index contributed by atoms with van der Waals surface area (Å²) in [5.74, 6) is 0. The molecule has 0 aliphatic carbocycles. The van der Waals surface area contributed by atoms with E-state index in [1.54, 1.807) is 6.92 Å². The first-order valence-corrected chi connectivity index (χ1v) is 8.12. The van der Waals surface area contributed by atoms with Crippen LogP contribution in [0, 0.1) is 0 Å². The van der Waals surface area contributed by atoms with E-state index in [1.165, 1.54) is 0 Å². The standard InChI is InChI=1S/C8H20O3Si.C2H6O/c1-4-10-12(3,11-5-2)8-6-7-9;1-2-3/h9H,4-8H2,1-3H3;3H,2H2,1H3. The van der Waals surface area contributed by atoms with Crippen LogP contribution in [0.15, 0.2) is 0 Å². The normalized spacial score (nSPS) is 10.8. The van der Waals surface area contributed by atoms with Gasteiger partial charge in [-0.3, -0.25) is 0 Å². The van der Waals surface area contributed by atoms with Crippen molar-refractivity contribution in [2.45, 2.75) is 39.8 Å². The van der Waals surface area contributed by atoms with Gasteiger partial charge in [0.25, 0.3) is 0 Å². The van der Waals surface area contributed by atoms with E-state index in [9.17, 15) is 0 Å². The van der Waals surface area contributed by atoms with E-state index < -0.39 is 8.56 Å². The van der Waals surface area contributed by atoms with Crippen LogP contribution in [0.4, 0.5) is 0 Å². The van der Waals surface area contributed by atoms with Crippen LogP contribution in [0.3, 0.4) is 0 Å². The fraction of sp³-hybridized carbons (Fsp3) is 1.00. The Hall–Kier alpha value is 0.0569. The highest BCUT2D eigenvalue weighted by Crippen LogP contribution is 2.15. The average Bonchev–Trinajstić information content (AvgIpc) is 2.17. The fourth-order valence-electron chi connectivity index (χ4n) is 1.20. The Morgan fingerprint density at radius 3 is 1.67 bits per heavy atom. The van der Waals surface area contributed by atoms with Crippen molar-refractivity contribution in [3.8, 4) is 0 Å². The van der Waals surface area contributed by atoms with E-state index in [1.807, 2.05) is 13.8 Å². The molecule has 0 fully saturated rings. The molecular formula is C10H26O4Si. The minimum Gasteiger partial charge on any atom is -0.397 e. The lowest BCUT2D eigenvalue weighted by atomic mass is 10.5. The van der Waals surface area contributed by atoms with Gasteiger partial charge in [0.05, 0.1) is 0 Å². The summed E-state index contributed by atoms with van der Waals surface area (Å²) in [5, 5.41) is 16.2. The third-order valence-electron chi connectivity index (χ3n) is 1.69. The smallest absolute Gasteiger partial charge is 0.334 e. The van der Waals surface area contributed by atoms with Crippen molar-refractivity contribution in [1.82, 2.24) is 0 Å². The van der Waals surface area contributed by atoms with Crippen LogP contribution in [0.1, 0.15) is 27.2 Å².